The van der Waals surface area contributed by atoms with Crippen LogP contribution in [0.15, 0.2) is 66.9 Å². The molecule has 2 N–H and O–H groups in total. The maximum atomic E-state index is 13.3. The van der Waals surface area contributed by atoms with Crippen LogP contribution in [0.3, 0.4) is 0 Å². The number of rotatable bonds is 8. The van der Waals surface area contributed by atoms with E-state index in [0.717, 1.165) is 48.1 Å². The van der Waals surface area contributed by atoms with E-state index in [-0.39, 0.29) is 23.1 Å². The smallest absolute Gasteiger partial charge is 0.341 e. The Balaban J connectivity index is 1.57. The molecule has 0 radical (unpaired) electrons. The van der Waals surface area contributed by atoms with Crippen LogP contribution in [-0.2, 0) is 4.79 Å². The Kier molecular flexibility index (Phi) is 7.43. The van der Waals surface area contributed by atoms with E-state index in [1.807, 2.05) is 63.2 Å². The summed E-state index contributed by atoms with van der Waals surface area (Å²) in [6, 6.07) is 18.0. The minimum Gasteiger partial charge on any atom is -0.477 e. The molecule has 3 aromatic rings. The van der Waals surface area contributed by atoms with Gasteiger partial charge in [-0.25, -0.2) is 9.48 Å². The van der Waals surface area contributed by atoms with Crippen LogP contribution in [0.25, 0.3) is 11.3 Å². The van der Waals surface area contributed by atoms with Crippen molar-refractivity contribution in [3.8, 4) is 5.69 Å². The van der Waals surface area contributed by atoms with Gasteiger partial charge in [0.2, 0.25) is 0 Å². The second kappa shape index (κ2) is 10.5. The normalized spacial score (nSPS) is 18.6. The SMILES string of the molecule is CC=C(c1ccccc1)c1ccc(-n2cc(C(=O)O)c(NC(C)(C)C(=O)C3CCC(C)CC3)n2)cc1. The van der Waals surface area contributed by atoms with Crippen molar-refractivity contribution in [2.24, 2.45) is 11.8 Å². The van der Waals surface area contributed by atoms with Gasteiger partial charge in [0.15, 0.2) is 11.6 Å². The monoisotopic (exact) mass is 485 g/mol. The first kappa shape index (κ1) is 25.4. The van der Waals surface area contributed by atoms with E-state index in [0.29, 0.717) is 5.92 Å². The van der Waals surface area contributed by atoms with E-state index in [4.69, 9.17) is 0 Å². The highest BCUT2D eigenvalue weighted by molar-refractivity contribution is 5.96. The van der Waals surface area contributed by atoms with Gasteiger partial charge in [-0.05, 0) is 68.4 Å². The lowest BCUT2D eigenvalue weighted by Crippen LogP contribution is -2.45. The summed E-state index contributed by atoms with van der Waals surface area (Å²) in [4.78, 5) is 25.3. The van der Waals surface area contributed by atoms with Crippen molar-refractivity contribution in [2.75, 3.05) is 5.32 Å². The van der Waals surface area contributed by atoms with Crippen LogP contribution in [0.5, 0.6) is 0 Å². The van der Waals surface area contributed by atoms with E-state index < -0.39 is 11.5 Å². The first-order valence-electron chi connectivity index (χ1n) is 12.7. The van der Waals surface area contributed by atoms with Gasteiger partial charge in [-0.3, -0.25) is 4.79 Å². The van der Waals surface area contributed by atoms with E-state index in [1.165, 1.54) is 6.20 Å². The molecule has 188 valence electrons. The molecule has 36 heavy (non-hydrogen) atoms. The zero-order chi connectivity index (χ0) is 25.9. The molecule has 1 saturated carbocycles. The molecule has 6 nitrogen and oxygen atoms in total. The number of Topliss-reactive ketones (excluding diaryl/α,β-unsaturated/α-hetero) is 1. The number of aromatic nitrogens is 2. The number of hydrogen-bond acceptors (Lipinski definition) is 4. The summed E-state index contributed by atoms with van der Waals surface area (Å²) in [6.07, 6.45) is 7.45. The summed E-state index contributed by atoms with van der Waals surface area (Å²) in [5, 5.41) is 17.5. The topological polar surface area (TPSA) is 84.2 Å². The highest BCUT2D eigenvalue weighted by atomic mass is 16.4. The largest absolute Gasteiger partial charge is 0.477 e. The second-order valence-corrected chi connectivity index (χ2v) is 10.3. The van der Waals surface area contributed by atoms with Gasteiger partial charge in [-0.2, -0.15) is 0 Å². The minimum absolute atomic E-state index is 0.00274. The molecule has 0 aliphatic heterocycles. The molecule has 0 amide bonds. The van der Waals surface area contributed by atoms with Gasteiger partial charge in [0.05, 0.1) is 11.2 Å². The van der Waals surface area contributed by atoms with Gasteiger partial charge in [-0.15, -0.1) is 5.10 Å². The first-order valence-corrected chi connectivity index (χ1v) is 12.7. The van der Waals surface area contributed by atoms with Crippen molar-refractivity contribution in [2.45, 2.75) is 58.9 Å². The van der Waals surface area contributed by atoms with Crippen molar-refractivity contribution >= 4 is 23.1 Å². The highest BCUT2D eigenvalue weighted by Crippen LogP contribution is 2.33. The summed E-state index contributed by atoms with van der Waals surface area (Å²) in [6.45, 7) is 7.87. The molecule has 1 aromatic heterocycles. The average Bonchev–Trinajstić information content (AvgIpc) is 3.29. The second-order valence-electron chi connectivity index (χ2n) is 10.3. The predicted octanol–water partition coefficient (Wildman–Crippen LogP) is 6.61. The average molecular weight is 486 g/mol. The summed E-state index contributed by atoms with van der Waals surface area (Å²) < 4.78 is 1.55. The standard InChI is InChI=1S/C30H35N3O3/c1-5-25(21-9-7-6-8-10-21)22-15-17-24(18-16-22)33-19-26(29(35)36)28(32-33)31-30(3,4)27(34)23-13-11-20(2)12-14-23/h5-10,15-20,23H,11-14H2,1-4H3,(H,31,32)(H,35,36). The molecule has 2 aromatic carbocycles. The van der Waals surface area contributed by atoms with E-state index in [9.17, 15) is 14.7 Å². The lowest BCUT2D eigenvalue weighted by atomic mass is 9.76. The van der Waals surface area contributed by atoms with Gasteiger partial charge in [0.1, 0.15) is 5.56 Å². The van der Waals surface area contributed by atoms with Crippen molar-refractivity contribution in [3.05, 3.63) is 83.6 Å². The summed E-state index contributed by atoms with van der Waals surface area (Å²) in [7, 11) is 0. The number of nitrogens with zero attached hydrogens (tertiary/aromatic N) is 2. The zero-order valence-electron chi connectivity index (χ0n) is 21.5. The molecule has 1 heterocycles. The number of benzene rings is 2. The molecule has 0 bridgehead atoms. The molecule has 1 fully saturated rings. The number of anilines is 1. The van der Waals surface area contributed by atoms with Crippen molar-refractivity contribution in [1.82, 2.24) is 9.78 Å². The minimum atomic E-state index is -1.09. The Hall–Kier alpha value is -3.67. The summed E-state index contributed by atoms with van der Waals surface area (Å²) >= 11 is 0. The number of carbonyl (C=O) groups excluding carboxylic acids is 1. The van der Waals surface area contributed by atoms with Crippen LogP contribution in [0, 0.1) is 11.8 Å². The molecule has 0 unspecified atom stereocenters. The van der Waals surface area contributed by atoms with Crippen LogP contribution >= 0.6 is 0 Å². The lowest BCUT2D eigenvalue weighted by Gasteiger charge is -2.33. The molecule has 4 rings (SSSR count). The van der Waals surface area contributed by atoms with Crippen LogP contribution in [0.4, 0.5) is 5.82 Å². The number of carboxylic acids is 1. The number of allylic oxidation sites excluding steroid dienone is 1. The molecule has 0 spiro atoms. The molecular weight excluding hydrogens is 450 g/mol. The number of ketones is 1. The lowest BCUT2D eigenvalue weighted by molar-refractivity contribution is -0.127. The fraction of sp³-hybridized carbons (Fsp3) is 0.367. The summed E-state index contributed by atoms with van der Waals surface area (Å²) in [5.41, 5.74) is 3.16. The van der Waals surface area contributed by atoms with Crippen molar-refractivity contribution in [1.29, 1.82) is 0 Å². The number of hydrogen-bond donors (Lipinski definition) is 2. The van der Waals surface area contributed by atoms with Crippen LogP contribution in [-0.4, -0.2) is 32.2 Å². The van der Waals surface area contributed by atoms with Gasteiger partial charge >= 0.3 is 5.97 Å². The number of carboxylic acid groups (broad SMARTS) is 1. The van der Waals surface area contributed by atoms with Crippen molar-refractivity contribution < 1.29 is 14.7 Å². The Morgan fingerprint density at radius 1 is 1.00 bits per heavy atom. The fourth-order valence-corrected chi connectivity index (χ4v) is 5.06. The Morgan fingerprint density at radius 2 is 1.61 bits per heavy atom. The Morgan fingerprint density at radius 3 is 2.19 bits per heavy atom. The fourth-order valence-electron chi connectivity index (χ4n) is 5.06. The first-order chi connectivity index (χ1) is 17.2. The highest BCUT2D eigenvalue weighted by Gasteiger charge is 2.36. The molecular formula is C30H35N3O3. The maximum absolute atomic E-state index is 13.3. The Bertz CT molecular complexity index is 1250. The van der Waals surface area contributed by atoms with E-state index in [1.54, 1.807) is 4.68 Å². The van der Waals surface area contributed by atoms with Crippen LogP contribution in [0.1, 0.15) is 74.9 Å². The van der Waals surface area contributed by atoms with Gasteiger partial charge in [0.25, 0.3) is 0 Å². The Labute approximate surface area is 213 Å². The quantitative estimate of drug-likeness (QED) is 0.375. The molecule has 1 aliphatic rings. The third kappa shape index (κ3) is 5.43. The van der Waals surface area contributed by atoms with Crippen LogP contribution < -0.4 is 5.32 Å². The maximum Gasteiger partial charge on any atom is 0.341 e. The molecule has 1 aliphatic carbocycles. The number of aromatic carboxylic acids is 1. The number of nitrogens with one attached hydrogen (secondary N) is 1. The predicted molar refractivity (Wildman–Crippen MR) is 144 cm³/mol. The molecule has 0 saturated heterocycles. The number of carbonyl (C=O) groups is 2. The van der Waals surface area contributed by atoms with Gasteiger partial charge < -0.3 is 10.4 Å². The zero-order valence-corrected chi connectivity index (χ0v) is 21.5. The molecule has 0 atom stereocenters. The third-order valence-corrected chi connectivity index (χ3v) is 7.19. The van der Waals surface area contributed by atoms with Gasteiger partial charge in [0, 0.05) is 12.1 Å². The van der Waals surface area contributed by atoms with E-state index >= 15 is 0 Å². The summed E-state index contributed by atoms with van der Waals surface area (Å²) in [5.74, 6) is -0.119. The molecule has 6 heteroatoms. The van der Waals surface area contributed by atoms with Gasteiger partial charge in [-0.1, -0.05) is 68.3 Å². The van der Waals surface area contributed by atoms with Crippen LogP contribution in [0.2, 0.25) is 0 Å². The van der Waals surface area contributed by atoms with Crippen molar-refractivity contribution in [3.63, 3.8) is 0 Å². The third-order valence-electron chi connectivity index (χ3n) is 7.19. The van der Waals surface area contributed by atoms with E-state index in [2.05, 4.69) is 35.5 Å².